The lowest BCUT2D eigenvalue weighted by atomic mass is 10.2. The highest BCUT2D eigenvalue weighted by molar-refractivity contribution is 5.22. The van der Waals surface area contributed by atoms with E-state index in [9.17, 15) is 13.2 Å². The summed E-state index contributed by atoms with van der Waals surface area (Å²) in [6, 6.07) is 1.77. The molecule has 0 unspecified atom stereocenters. The molecule has 0 saturated carbocycles. The Hall–Kier alpha value is -1.30. The second kappa shape index (κ2) is 5.69. The smallest absolute Gasteiger partial charge is 0.416 e. The van der Waals surface area contributed by atoms with Gasteiger partial charge in [-0.3, -0.25) is 0 Å². The van der Waals surface area contributed by atoms with Crippen LogP contribution in [0.5, 0.6) is 5.88 Å². The van der Waals surface area contributed by atoms with E-state index in [1.54, 1.807) is 0 Å². The predicted molar refractivity (Wildman–Crippen MR) is 51.2 cm³/mol. The summed E-state index contributed by atoms with van der Waals surface area (Å²) in [5, 5.41) is 0. The highest BCUT2D eigenvalue weighted by Gasteiger charge is 2.30. The summed E-state index contributed by atoms with van der Waals surface area (Å²) in [5.74, 6) is -0.0467. The van der Waals surface area contributed by atoms with Crippen LogP contribution in [0.1, 0.15) is 12.5 Å². The zero-order valence-corrected chi connectivity index (χ0v) is 8.75. The zero-order valence-electron chi connectivity index (χ0n) is 8.75. The average Bonchev–Trinajstić information content (AvgIpc) is 2.24. The van der Waals surface area contributed by atoms with Gasteiger partial charge in [0.25, 0.3) is 0 Å². The van der Waals surface area contributed by atoms with E-state index in [2.05, 4.69) is 4.98 Å². The molecule has 0 atom stereocenters. The van der Waals surface area contributed by atoms with Crippen LogP contribution < -0.4 is 4.74 Å². The number of hydrogen-bond donors (Lipinski definition) is 0. The normalized spacial score (nSPS) is 11.5. The van der Waals surface area contributed by atoms with Gasteiger partial charge in [0.2, 0.25) is 5.88 Å². The summed E-state index contributed by atoms with van der Waals surface area (Å²) >= 11 is 0. The van der Waals surface area contributed by atoms with Crippen LogP contribution in [0.15, 0.2) is 18.3 Å². The first-order valence-electron chi connectivity index (χ1n) is 4.78. The van der Waals surface area contributed by atoms with Gasteiger partial charge in [-0.15, -0.1) is 0 Å². The Morgan fingerprint density at radius 1 is 1.31 bits per heavy atom. The van der Waals surface area contributed by atoms with E-state index < -0.39 is 11.7 Å². The van der Waals surface area contributed by atoms with Crippen LogP contribution in [-0.2, 0) is 10.9 Å². The van der Waals surface area contributed by atoms with Gasteiger partial charge in [-0.05, 0) is 13.0 Å². The Kier molecular flexibility index (Phi) is 4.54. The monoisotopic (exact) mass is 235 g/mol. The first kappa shape index (κ1) is 12.8. The molecule has 0 aromatic carbocycles. The van der Waals surface area contributed by atoms with Gasteiger partial charge in [0, 0.05) is 18.9 Å². The average molecular weight is 235 g/mol. The SMILES string of the molecule is CCOCCOc1cc(C(F)(F)F)ccn1. The van der Waals surface area contributed by atoms with Crippen molar-refractivity contribution in [3.05, 3.63) is 23.9 Å². The van der Waals surface area contributed by atoms with Crippen LogP contribution in [0.4, 0.5) is 13.2 Å². The molecule has 1 aromatic rings. The van der Waals surface area contributed by atoms with Crippen molar-refractivity contribution in [1.29, 1.82) is 0 Å². The van der Waals surface area contributed by atoms with Crippen LogP contribution >= 0.6 is 0 Å². The van der Waals surface area contributed by atoms with E-state index in [0.29, 0.717) is 13.2 Å². The third-order valence-electron chi connectivity index (χ3n) is 1.74. The summed E-state index contributed by atoms with van der Waals surface area (Å²) < 4.78 is 46.9. The van der Waals surface area contributed by atoms with E-state index >= 15 is 0 Å². The van der Waals surface area contributed by atoms with Crippen LogP contribution in [0, 0.1) is 0 Å². The number of ether oxygens (including phenoxy) is 2. The molecule has 1 aromatic heterocycles. The minimum Gasteiger partial charge on any atom is -0.475 e. The number of rotatable bonds is 5. The fraction of sp³-hybridized carbons (Fsp3) is 0.500. The Labute approximate surface area is 91.2 Å². The van der Waals surface area contributed by atoms with Crippen molar-refractivity contribution in [2.24, 2.45) is 0 Å². The molecule has 0 saturated heterocycles. The van der Waals surface area contributed by atoms with E-state index in [1.807, 2.05) is 6.92 Å². The van der Waals surface area contributed by atoms with Crippen LogP contribution in [0.3, 0.4) is 0 Å². The molecule has 0 amide bonds. The number of nitrogens with zero attached hydrogens (tertiary/aromatic N) is 1. The minimum atomic E-state index is -4.37. The van der Waals surface area contributed by atoms with E-state index in [1.165, 1.54) is 0 Å². The first-order chi connectivity index (χ1) is 7.54. The molecule has 6 heteroatoms. The Morgan fingerprint density at radius 2 is 2.06 bits per heavy atom. The van der Waals surface area contributed by atoms with Crippen molar-refractivity contribution in [2.45, 2.75) is 13.1 Å². The van der Waals surface area contributed by atoms with Crippen molar-refractivity contribution in [1.82, 2.24) is 4.98 Å². The molecule has 0 bridgehead atoms. The zero-order chi connectivity index (χ0) is 12.0. The Bertz CT molecular complexity index is 328. The molecule has 1 heterocycles. The predicted octanol–water partition coefficient (Wildman–Crippen LogP) is 2.52. The van der Waals surface area contributed by atoms with Gasteiger partial charge in [-0.25, -0.2) is 4.98 Å². The second-order valence-electron chi connectivity index (χ2n) is 2.93. The van der Waals surface area contributed by atoms with Crippen LogP contribution in [0.2, 0.25) is 0 Å². The Balaban J connectivity index is 2.54. The first-order valence-corrected chi connectivity index (χ1v) is 4.78. The maximum absolute atomic E-state index is 12.3. The number of halogens is 3. The third-order valence-corrected chi connectivity index (χ3v) is 1.74. The number of pyridine rings is 1. The largest absolute Gasteiger partial charge is 0.475 e. The summed E-state index contributed by atoms with van der Waals surface area (Å²) in [6.07, 6.45) is -3.31. The highest BCUT2D eigenvalue weighted by atomic mass is 19.4. The Morgan fingerprint density at radius 3 is 2.69 bits per heavy atom. The molecule has 16 heavy (non-hydrogen) atoms. The number of alkyl halides is 3. The molecule has 0 fully saturated rings. The van der Waals surface area contributed by atoms with Gasteiger partial charge in [0.1, 0.15) is 6.61 Å². The fourth-order valence-electron chi connectivity index (χ4n) is 1.01. The summed E-state index contributed by atoms with van der Waals surface area (Å²) in [6.45, 7) is 2.87. The topological polar surface area (TPSA) is 31.4 Å². The van der Waals surface area contributed by atoms with Gasteiger partial charge < -0.3 is 9.47 Å². The quantitative estimate of drug-likeness (QED) is 0.735. The lowest BCUT2D eigenvalue weighted by molar-refractivity contribution is -0.137. The van der Waals surface area contributed by atoms with Gasteiger partial charge >= 0.3 is 6.18 Å². The molecule has 0 aliphatic rings. The van der Waals surface area contributed by atoms with Gasteiger partial charge in [-0.1, -0.05) is 0 Å². The molecule has 90 valence electrons. The van der Waals surface area contributed by atoms with Crippen molar-refractivity contribution in [3.63, 3.8) is 0 Å². The molecule has 1 rings (SSSR count). The lowest BCUT2D eigenvalue weighted by Gasteiger charge is -2.09. The van der Waals surface area contributed by atoms with Crippen molar-refractivity contribution < 1.29 is 22.6 Å². The minimum absolute atomic E-state index is 0.0467. The molecule has 0 spiro atoms. The second-order valence-corrected chi connectivity index (χ2v) is 2.93. The number of aromatic nitrogens is 1. The van der Waals surface area contributed by atoms with Crippen molar-refractivity contribution >= 4 is 0 Å². The summed E-state index contributed by atoms with van der Waals surface area (Å²) in [4.78, 5) is 3.67. The molecule has 0 N–H and O–H groups in total. The van der Waals surface area contributed by atoms with Crippen molar-refractivity contribution in [2.75, 3.05) is 19.8 Å². The highest BCUT2D eigenvalue weighted by Crippen LogP contribution is 2.30. The van der Waals surface area contributed by atoms with Gasteiger partial charge in [0.15, 0.2) is 0 Å². The maximum Gasteiger partial charge on any atom is 0.416 e. The molecule has 3 nitrogen and oxygen atoms in total. The third kappa shape index (κ3) is 4.06. The maximum atomic E-state index is 12.3. The molecule has 0 aliphatic heterocycles. The summed E-state index contributed by atoms with van der Waals surface area (Å²) in [5.41, 5.74) is -0.770. The molecule has 0 aliphatic carbocycles. The summed E-state index contributed by atoms with van der Waals surface area (Å²) in [7, 11) is 0. The van der Waals surface area contributed by atoms with Gasteiger partial charge in [0.05, 0.1) is 12.2 Å². The van der Waals surface area contributed by atoms with Crippen molar-refractivity contribution in [3.8, 4) is 5.88 Å². The standard InChI is InChI=1S/C10H12F3NO2/c1-2-15-5-6-16-9-7-8(3-4-14-9)10(11,12)13/h3-4,7H,2,5-6H2,1H3. The number of hydrogen-bond acceptors (Lipinski definition) is 3. The lowest BCUT2D eigenvalue weighted by Crippen LogP contribution is -2.09. The van der Waals surface area contributed by atoms with E-state index in [-0.39, 0.29) is 12.5 Å². The van der Waals surface area contributed by atoms with E-state index in [0.717, 1.165) is 18.3 Å². The van der Waals surface area contributed by atoms with Crippen LogP contribution in [-0.4, -0.2) is 24.8 Å². The van der Waals surface area contributed by atoms with Crippen LogP contribution in [0.25, 0.3) is 0 Å². The molecular formula is C10H12F3NO2. The molecule has 0 radical (unpaired) electrons. The van der Waals surface area contributed by atoms with Gasteiger partial charge in [-0.2, -0.15) is 13.2 Å². The fourth-order valence-corrected chi connectivity index (χ4v) is 1.01. The molecular weight excluding hydrogens is 223 g/mol. The van der Waals surface area contributed by atoms with E-state index in [4.69, 9.17) is 9.47 Å².